The van der Waals surface area contributed by atoms with E-state index in [1.807, 2.05) is 35.2 Å². The number of carboxylic acid groups (broad SMARTS) is 1. The van der Waals surface area contributed by atoms with Gasteiger partial charge in [0.2, 0.25) is 12.3 Å². The highest BCUT2D eigenvalue weighted by Crippen LogP contribution is 2.20. The van der Waals surface area contributed by atoms with Gasteiger partial charge in [-0.2, -0.15) is 0 Å². The van der Waals surface area contributed by atoms with Crippen LogP contribution in [-0.2, 0) is 14.4 Å². The number of carbonyl (C=O) groups excluding carboxylic acids is 2. The Morgan fingerprint density at radius 3 is 2.26 bits per heavy atom. The van der Waals surface area contributed by atoms with Gasteiger partial charge in [0.05, 0.1) is 5.92 Å². The van der Waals surface area contributed by atoms with E-state index in [0.717, 1.165) is 25.1 Å². The van der Waals surface area contributed by atoms with Gasteiger partial charge in [0.25, 0.3) is 0 Å². The molecule has 1 aromatic carbocycles. The number of rotatable bonds is 3. The Morgan fingerprint density at radius 2 is 1.78 bits per heavy atom. The fourth-order valence-corrected chi connectivity index (χ4v) is 2.78. The zero-order chi connectivity index (χ0) is 16.7. The average molecular weight is 318 g/mol. The topological polar surface area (TPSA) is 77.9 Å². The molecule has 0 bridgehead atoms. The molecule has 0 saturated carbocycles. The van der Waals surface area contributed by atoms with Crippen molar-refractivity contribution in [2.24, 2.45) is 5.92 Å². The Labute approximate surface area is 135 Å². The standard InChI is InChI=1S/C10H11NO.C7H11NO3/c12-10-7-4-8-11(10)9-5-2-1-3-6-9;9-5-8-3-1-6(2-4-8)7(10)11/h1-3,5-6H,4,7-8H2;5-6H,1-4H2,(H,10,11). The van der Waals surface area contributed by atoms with Crippen molar-refractivity contribution >= 4 is 24.0 Å². The van der Waals surface area contributed by atoms with Crippen LogP contribution >= 0.6 is 0 Å². The Balaban J connectivity index is 0.000000168. The average Bonchev–Trinajstić information content (AvgIpc) is 3.02. The van der Waals surface area contributed by atoms with Crippen molar-refractivity contribution < 1.29 is 19.5 Å². The van der Waals surface area contributed by atoms with E-state index < -0.39 is 5.97 Å². The van der Waals surface area contributed by atoms with E-state index in [9.17, 15) is 14.4 Å². The first-order chi connectivity index (χ1) is 11.1. The first-order valence-corrected chi connectivity index (χ1v) is 7.89. The second-order valence-corrected chi connectivity index (χ2v) is 5.74. The summed E-state index contributed by atoms with van der Waals surface area (Å²) >= 11 is 0. The van der Waals surface area contributed by atoms with Gasteiger partial charge < -0.3 is 14.9 Å². The number of benzene rings is 1. The summed E-state index contributed by atoms with van der Waals surface area (Å²) in [5, 5.41) is 8.59. The second-order valence-electron chi connectivity index (χ2n) is 5.74. The largest absolute Gasteiger partial charge is 0.481 e. The lowest BCUT2D eigenvalue weighted by Crippen LogP contribution is -2.35. The summed E-state index contributed by atoms with van der Waals surface area (Å²) in [7, 11) is 0. The number of carboxylic acids is 1. The third-order valence-electron chi connectivity index (χ3n) is 4.17. The maximum atomic E-state index is 11.3. The Hall–Kier alpha value is -2.37. The Morgan fingerprint density at radius 1 is 1.13 bits per heavy atom. The molecular weight excluding hydrogens is 296 g/mol. The van der Waals surface area contributed by atoms with Crippen LogP contribution in [0.15, 0.2) is 30.3 Å². The van der Waals surface area contributed by atoms with E-state index in [2.05, 4.69) is 0 Å². The van der Waals surface area contributed by atoms with Crippen molar-refractivity contribution in [1.82, 2.24) is 4.90 Å². The molecule has 0 aliphatic carbocycles. The SMILES string of the molecule is O=C1CCCN1c1ccccc1.O=CN1CCC(C(=O)O)CC1. The van der Waals surface area contributed by atoms with E-state index in [1.165, 1.54) is 0 Å². The molecule has 0 radical (unpaired) electrons. The summed E-state index contributed by atoms with van der Waals surface area (Å²) in [6, 6.07) is 9.83. The number of nitrogens with zero attached hydrogens (tertiary/aromatic N) is 2. The van der Waals surface area contributed by atoms with Crippen molar-refractivity contribution in [2.45, 2.75) is 25.7 Å². The molecule has 2 amide bonds. The summed E-state index contributed by atoms with van der Waals surface area (Å²) in [6.45, 7) is 2.05. The molecule has 2 aliphatic rings. The molecule has 2 aliphatic heterocycles. The summed E-state index contributed by atoms with van der Waals surface area (Å²) < 4.78 is 0. The van der Waals surface area contributed by atoms with Crippen LogP contribution in [0.2, 0.25) is 0 Å². The monoisotopic (exact) mass is 318 g/mol. The number of aliphatic carboxylic acids is 1. The minimum absolute atomic E-state index is 0.244. The number of para-hydroxylation sites is 1. The van der Waals surface area contributed by atoms with Gasteiger partial charge in [-0.05, 0) is 31.4 Å². The third-order valence-corrected chi connectivity index (χ3v) is 4.17. The molecule has 6 nitrogen and oxygen atoms in total. The molecule has 1 aromatic rings. The smallest absolute Gasteiger partial charge is 0.306 e. The van der Waals surface area contributed by atoms with Gasteiger partial charge >= 0.3 is 5.97 Å². The van der Waals surface area contributed by atoms with Crippen LogP contribution < -0.4 is 4.90 Å². The van der Waals surface area contributed by atoms with E-state index in [1.54, 1.807) is 4.90 Å². The summed E-state index contributed by atoms with van der Waals surface area (Å²) in [6.07, 6.45) is 3.66. The van der Waals surface area contributed by atoms with Crippen LogP contribution in [0.25, 0.3) is 0 Å². The lowest BCUT2D eigenvalue weighted by atomic mass is 9.98. The van der Waals surface area contributed by atoms with Gasteiger partial charge in [0, 0.05) is 31.7 Å². The maximum absolute atomic E-state index is 11.3. The number of hydrogen-bond acceptors (Lipinski definition) is 3. The maximum Gasteiger partial charge on any atom is 0.306 e. The van der Waals surface area contributed by atoms with E-state index in [0.29, 0.717) is 32.4 Å². The van der Waals surface area contributed by atoms with Gasteiger partial charge in [-0.3, -0.25) is 14.4 Å². The summed E-state index contributed by atoms with van der Waals surface area (Å²) in [4.78, 5) is 35.4. The van der Waals surface area contributed by atoms with Crippen LogP contribution in [0.4, 0.5) is 5.69 Å². The first-order valence-electron chi connectivity index (χ1n) is 7.89. The van der Waals surface area contributed by atoms with Crippen molar-refractivity contribution in [3.05, 3.63) is 30.3 Å². The van der Waals surface area contributed by atoms with Crippen molar-refractivity contribution in [2.75, 3.05) is 24.5 Å². The fraction of sp³-hybridized carbons (Fsp3) is 0.471. The van der Waals surface area contributed by atoms with E-state index >= 15 is 0 Å². The van der Waals surface area contributed by atoms with Crippen LogP contribution in [-0.4, -0.2) is 47.9 Å². The second kappa shape index (κ2) is 8.31. The molecule has 2 heterocycles. The molecule has 2 saturated heterocycles. The number of hydrogen-bond donors (Lipinski definition) is 1. The van der Waals surface area contributed by atoms with Crippen LogP contribution in [0.3, 0.4) is 0 Å². The molecule has 2 fully saturated rings. The van der Waals surface area contributed by atoms with Gasteiger partial charge in [-0.15, -0.1) is 0 Å². The van der Waals surface area contributed by atoms with Crippen molar-refractivity contribution in [3.63, 3.8) is 0 Å². The number of likely N-dealkylation sites (tertiary alicyclic amines) is 1. The zero-order valence-electron chi connectivity index (χ0n) is 13.1. The Kier molecular flexibility index (Phi) is 6.14. The number of piperidine rings is 1. The van der Waals surface area contributed by atoms with Gasteiger partial charge in [-0.25, -0.2) is 0 Å². The normalized spacial score (nSPS) is 18.3. The molecular formula is C17H22N2O4. The van der Waals surface area contributed by atoms with E-state index in [-0.39, 0.29) is 11.8 Å². The van der Waals surface area contributed by atoms with E-state index in [4.69, 9.17) is 5.11 Å². The zero-order valence-corrected chi connectivity index (χ0v) is 13.1. The molecule has 0 spiro atoms. The first kappa shape index (κ1) is 17.0. The fourth-order valence-electron chi connectivity index (χ4n) is 2.78. The van der Waals surface area contributed by atoms with Gasteiger partial charge in [0.15, 0.2) is 0 Å². The third kappa shape index (κ3) is 4.81. The number of amides is 2. The molecule has 0 unspecified atom stereocenters. The van der Waals surface area contributed by atoms with Crippen LogP contribution in [0.1, 0.15) is 25.7 Å². The van der Waals surface area contributed by atoms with Crippen molar-refractivity contribution in [1.29, 1.82) is 0 Å². The molecule has 124 valence electrons. The van der Waals surface area contributed by atoms with Crippen LogP contribution in [0.5, 0.6) is 0 Å². The molecule has 6 heteroatoms. The minimum atomic E-state index is -0.740. The van der Waals surface area contributed by atoms with Crippen molar-refractivity contribution in [3.8, 4) is 0 Å². The quantitative estimate of drug-likeness (QED) is 0.861. The van der Waals surface area contributed by atoms with Crippen LogP contribution in [0, 0.1) is 5.92 Å². The Bertz CT molecular complexity index is 539. The molecule has 23 heavy (non-hydrogen) atoms. The number of carbonyl (C=O) groups is 3. The molecule has 3 rings (SSSR count). The van der Waals surface area contributed by atoms with Gasteiger partial charge in [0.1, 0.15) is 0 Å². The molecule has 0 atom stereocenters. The lowest BCUT2D eigenvalue weighted by Gasteiger charge is -2.26. The molecule has 0 aromatic heterocycles. The minimum Gasteiger partial charge on any atom is -0.481 e. The highest BCUT2D eigenvalue weighted by Gasteiger charge is 2.23. The number of anilines is 1. The summed E-state index contributed by atoms with van der Waals surface area (Å²) in [5.74, 6) is -0.733. The lowest BCUT2D eigenvalue weighted by molar-refractivity contribution is -0.144. The highest BCUT2D eigenvalue weighted by molar-refractivity contribution is 5.95. The predicted octanol–water partition coefficient (Wildman–Crippen LogP) is 1.75. The highest BCUT2D eigenvalue weighted by atomic mass is 16.4. The predicted molar refractivity (Wildman–Crippen MR) is 86.0 cm³/mol. The summed E-state index contributed by atoms with van der Waals surface area (Å²) in [5.41, 5.74) is 1.03. The molecule has 1 N–H and O–H groups in total. The van der Waals surface area contributed by atoms with Gasteiger partial charge in [-0.1, -0.05) is 18.2 Å².